The molecule has 3 aromatic rings. The van der Waals surface area contributed by atoms with Crippen molar-refractivity contribution in [3.05, 3.63) is 75.8 Å². The normalized spacial score (nSPS) is 12.0. The average Bonchev–Trinajstić information content (AvgIpc) is 2.98. The van der Waals surface area contributed by atoms with E-state index in [1.807, 2.05) is 50.4 Å². The number of amides is 1. The molecule has 7 nitrogen and oxygen atoms in total. The predicted molar refractivity (Wildman–Crippen MR) is 103 cm³/mol. The smallest absolute Gasteiger partial charge is 0.254 e. The Labute approximate surface area is 156 Å². The summed E-state index contributed by atoms with van der Waals surface area (Å²) >= 11 is 0. The molecule has 0 aliphatic carbocycles. The van der Waals surface area contributed by atoms with Crippen LogP contribution in [-0.2, 0) is 11.3 Å². The number of carbonyl (C=O) groups excluding carboxylic acids is 1. The molecule has 1 aromatic carbocycles. The lowest BCUT2D eigenvalue weighted by Gasteiger charge is -2.12. The molecule has 140 valence electrons. The van der Waals surface area contributed by atoms with Crippen LogP contribution >= 0.6 is 0 Å². The van der Waals surface area contributed by atoms with Crippen LogP contribution in [0, 0.1) is 13.8 Å². The molecular formula is C20H22N4O3. The Morgan fingerprint density at radius 2 is 1.93 bits per heavy atom. The summed E-state index contributed by atoms with van der Waals surface area (Å²) in [6.45, 7) is 5.42. The number of rotatable bonds is 5. The number of nitrogens with one attached hydrogen (secondary N) is 1. The molecule has 27 heavy (non-hydrogen) atoms. The summed E-state index contributed by atoms with van der Waals surface area (Å²) < 4.78 is 3.10. The molecule has 0 aliphatic heterocycles. The Morgan fingerprint density at radius 3 is 2.59 bits per heavy atom. The van der Waals surface area contributed by atoms with Crippen LogP contribution in [0.2, 0.25) is 0 Å². The van der Waals surface area contributed by atoms with Gasteiger partial charge in [0.05, 0.1) is 6.04 Å². The number of aryl methyl sites for hydroxylation is 2. The van der Waals surface area contributed by atoms with Crippen LogP contribution in [0.15, 0.2) is 53.5 Å². The molecule has 1 amide bonds. The van der Waals surface area contributed by atoms with Gasteiger partial charge in [-0.1, -0.05) is 30.3 Å². The number of aromatic hydroxyl groups is 1. The molecule has 3 rings (SSSR count). The van der Waals surface area contributed by atoms with Gasteiger partial charge in [-0.2, -0.15) is 5.10 Å². The zero-order valence-electron chi connectivity index (χ0n) is 15.5. The first-order valence-electron chi connectivity index (χ1n) is 8.66. The highest BCUT2D eigenvalue weighted by Crippen LogP contribution is 2.21. The van der Waals surface area contributed by atoms with Gasteiger partial charge in [-0.25, -0.2) is 0 Å². The summed E-state index contributed by atoms with van der Waals surface area (Å²) in [6.07, 6.45) is 1.88. The van der Waals surface area contributed by atoms with Crippen molar-refractivity contribution in [3.8, 4) is 5.75 Å². The van der Waals surface area contributed by atoms with Crippen molar-refractivity contribution in [2.45, 2.75) is 33.4 Å². The van der Waals surface area contributed by atoms with Crippen molar-refractivity contribution in [3.63, 3.8) is 0 Å². The van der Waals surface area contributed by atoms with Gasteiger partial charge in [0.15, 0.2) is 5.82 Å². The second kappa shape index (κ2) is 7.49. The summed E-state index contributed by atoms with van der Waals surface area (Å²) in [5, 5.41) is 16.7. The minimum absolute atomic E-state index is 0.0255. The number of hydrogen-bond donors (Lipinski definition) is 2. The first-order valence-corrected chi connectivity index (χ1v) is 8.66. The van der Waals surface area contributed by atoms with Crippen LogP contribution in [0.25, 0.3) is 0 Å². The summed E-state index contributed by atoms with van der Waals surface area (Å²) in [4.78, 5) is 24.4. The fraction of sp³-hybridized carbons (Fsp3) is 0.250. The molecule has 2 N–H and O–H groups in total. The minimum atomic E-state index is -0.428. The third-order valence-electron chi connectivity index (χ3n) is 4.47. The van der Waals surface area contributed by atoms with Gasteiger partial charge in [-0.3, -0.25) is 14.3 Å². The van der Waals surface area contributed by atoms with E-state index in [1.54, 1.807) is 11.6 Å². The maximum atomic E-state index is 12.4. The van der Waals surface area contributed by atoms with Gasteiger partial charge in [-0.05, 0) is 32.4 Å². The Bertz CT molecular complexity index is 1020. The number of pyridine rings is 1. The van der Waals surface area contributed by atoms with Gasteiger partial charge in [0.1, 0.15) is 12.3 Å². The second-order valence-electron chi connectivity index (χ2n) is 6.55. The molecule has 0 saturated heterocycles. The minimum Gasteiger partial charge on any atom is -0.508 e. The van der Waals surface area contributed by atoms with Crippen LogP contribution < -0.4 is 10.9 Å². The lowest BCUT2D eigenvalue weighted by atomic mass is 10.1. The van der Waals surface area contributed by atoms with Crippen LogP contribution in [-0.4, -0.2) is 25.4 Å². The quantitative estimate of drug-likeness (QED) is 0.726. The standard InChI is InChI=1S/C20H22N4O3/c1-13-11-24(15(3)16-7-5-4-6-8-16)22-20(13)21-18(26)12-23-14(2)9-17(25)10-19(23)27/h4-11,15,25H,12H2,1-3H3,(H,21,22,26)/t15-/m0/s1. The van der Waals surface area contributed by atoms with Gasteiger partial charge in [0.2, 0.25) is 5.91 Å². The van der Waals surface area contributed by atoms with E-state index in [9.17, 15) is 14.7 Å². The number of hydrogen-bond acceptors (Lipinski definition) is 4. The highest BCUT2D eigenvalue weighted by molar-refractivity contribution is 5.90. The Kier molecular flexibility index (Phi) is 5.12. The zero-order chi connectivity index (χ0) is 19.6. The predicted octanol–water partition coefficient (Wildman–Crippen LogP) is 2.62. The van der Waals surface area contributed by atoms with Gasteiger partial charge in [0.25, 0.3) is 5.56 Å². The zero-order valence-corrected chi connectivity index (χ0v) is 15.5. The average molecular weight is 366 g/mol. The first-order chi connectivity index (χ1) is 12.8. The lowest BCUT2D eigenvalue weighted by molar-refractivity contribution is -0.116. The Morgan fingerprint density at radius 1 is 1.22 bits per heavy atom. The first kappa shape index (κ1) is 18.4. The fourth-order valence-electron chi connectivity index (χ4n) is 2.92. The van der Waals surface area contributed by atoms with E-state index in [2.05, 4.69) is 10.4 Å². The number of aromatic nitrogens is 3. The molecule has 0 bridgehead atoms. The van der Waals surface area contributed by atoms with Crippen molar-refractivity contribution >= 4 is 11.7 Å². The molecule has 0 radical (unpaired) electrons. The van der Waals surface area contributed by atoms with Crippen molar-refractivity contribution in [2.75, 3.05) is 5.32 Å². The summed E-state index contributed by atoms with van der Waals surface area (Å²) in [5.41, 5.74) is 2.03. The van der Waals surface area contributed by atoms with E-state index in [0.717, 1.165) is 17.2 Å². The number of nitrogens with zero attached hydrogens (tertiary/aromatic N) is 3. The Balaban J connectivity index is 1.76. The van der Waals surface area contributed by atoms with Gasteiger partial charge in [0, 0.05) is 23.5 Å². The van der Waals surface area contributed by atoms with Crippen LogP contribution in [0.3, 0.4) is 0 Å². The second-order valence-corrected chi connectivity index (χ2v) is 6.55. The SMILES string of the molecule is Cc1cn([C@@H](C)c2ccccc2)nc1NC(=O)Cn1c(C)cc(O)cc1=O. The molecule has 0 unspecified atom stereocenters. The van der Waals surface area contributed by atoms with Crippen molar-refractivity contribution in [1.29, 1.82) is 0 Å². The largest absolute Gasteiger partial charge is 0.508 e. The molecule has 1 atom stereocenters. The topological polar surface area (TPSA) is 89.2 Å². The third-order valence-corrected chi connectivity index (χ3v) is 4.47. The summed E-state index contributed by atoms with van der Waals surface area (Å²) in [5.74, 6) is -0.00230. The van der Waals surface area contributed by atoms with E-state index in [0.29, 0.717) is 11.5 Å². The highest BCUT2D eigenvalue weighted by Gasteiger charge is 2.15. The van der Waals surface area contributed by atoms with E-state index in [1.165, 1.54) is 10.6 Å². The Hall–Kier alpha value is -3.35. The highest BCUT2D eigenvalue weighted by atomic mass is 16.3. The van der Waals surface area contributed by atoms with Crippen LogP contribution in [0.4, 0.5) is 5.82 Å². The number of anilines is 1. The molecule has 7 heteroatoms. The van der Waals surface area contributed by atoms with Gasteiger partial charge in [-0.15, -0.1) is 0 Å². The van der Waals surface area contributed by atoms with Crippen molar-refractivity contribution in [1.82, 2.24) is 14.3 Å². The summed E-state index contributed by atoms with van der Waals surface area (Å²) in [6, 6.07) is 12.5. The lowest BCUT2D eigenvalue weighted by Crippen LogP contribution is -2.28. The molecule has 2 aromatic heterocycles. The van der Waals surface area contributed by atoms with Gasteiger partial charge >= 0.3 is 0 Å². The van der Waals surface area contributed by atoms with E-state index >= 15 is 0 Å². The van der Waals surface area contributed by atoms with Crippen molar-refractivity contribution < 1.29 is 9.90 Å². The maximum absolute atomic E-state index is 12.4. The number of benzene rings is 1. The molecule has 0 saturated carbocycles. The number of carbonyl (C=O) groups is 1. The van der Waals surface area contributed by atoms with E-state index < -0.39 is 5.56 Å². The van der Waals surface area contributed by atoms with E-state index in [-0.39, 0.29) is 24.2 Å². The third kappa shape index (κ3) is 4.08. The molecule has 0 fully saturated rings. The maximum Gasteiger partial charge on any atom is 0.254 e. The summed E-state index contributed by atoms with van der Waals surface area (Å²) in [7, 11) is 0. The molecule has 2 heterocycles. The van der Waals surface area contributed by atoms with Crippen LogP contribution in [0.1, 0.15) is 29.8 Å². The molecule has 0 aliphatic rings. The molecule has 0 spiro atoms. The van der Waals surface area contributed by atoms with E-state index in [4.69, 9.17) is 0 Å². The van der Waals surface area contributed by atoms with Crippen molar-refractivity contribution in [2.24, 2.45) is 0 Å². The fourth-order valence-corrected chi connectivity index (χ4v) is 2.92. The molecular weight excluding hydrogens is 344 g/mol. The van der Waals surface area contributed by atoms with Gasteiger partial charge < -0.3 is 15.0 Å². The monoisotopic (exact) mass is 366 g/mol. The van der Waals surface area contributed by atoms with Crippen LogP contribution in [0.5, 0.6) is 5.75 Å².